The van der Waals surface area contributed by atoms with Gasteiger partial charge in [-0.05, 0) is 48.6 Å². The van der Waals surface area contributed by atoms with Crippen molar-refractivity contribution in [2.45, 2.75) is 13.8 Å². The van der Waals surface area contributed by atoms with E-state index in [-0.39, 0.29) is 5.78 Å². The summed E-state index contributed by atoms with van der Waals surface area (Å²) in [7, 11) is 0. The molecule has 2 aromatic heterocycles. The molecule has 1 aliphatic rings. The number of aromatic nitrogens is 2. The van der Waals surface area contributed by atoms with Crippen molar-refractivity contribution in [3.8, 4) is 11.3 Å². The number of aryl methyl sites for hydroxylation is 2. The van der Waals surface area contributed by atoms with Gasteiger partial charge in [-0.15, -0.1) is 0 Å². The Balaban J connectivity index is 2.07. The van der Waals surface area contributed by atoms with E-state index >= 15 is 0 Å². The van der Waals surface area contributed by atoms with Crippen LogP contribution in [0, 0.1) is 13.8 Å². The average Bonchev–Trinajstić information content (AvgIpc) is 2.61. The number of nitrogens with zero attached hydrogens (tertiary/aromatic N) is 2. The smallest absolute Gasteiger partial charge is 0.212 e. The standard InChI is InChI=1S/C21H14N2O/c1-11-9-16-13-7-8-22-20-18(13)19(23-17(16)10-12(11)2)14-5-3-4-6-15(14)21(20)24/h3-10H,1-2H3. The molecule has 3 nitrogen and oxygen atoms in total. The van der Waals surface area contributed by atoms with Gasteiger partial charge in [-0.25, -0.2) is 4.98 Å². The number of pyridine rings is 2. The van der Waals surface area contributed by atoms with Gasteiger partial charge in [-0.2, -0.15) is 0 Å². The number of ketones is 1. The van der Waals surface area contributed by atoms with Crippen molar-refractivity contribution in [2.75, 3.05) is 0 Å². The molecule has 0 atom stereocenters. The predicted molar refractivity (Wildman–Crippen MR) is 95.4 cm³/mol. The monoisotopic (exact) mass is 310 g/mol. The maximum Gasteiger partial charge on any atom is 0.212 e. The molecule has 24 heavy (non-hydrogen) atoms. The third-order valence-electron chi connectivity index (χ3n) is 4.96. The number of hydrogen-bond donors (Lipinski definition) is 0. The molecule has 0 radical (unpaired) electrons. The van der Waals surface area contributed by atoms with Crippen LogP contribution in [0.2, 0.25) is 0 Å². The van der Waals surface area contributed by atoms with Gasteiger partial charge in [0.1, 0.15) is 5.69 Å². The van der Waals surface area contributed by atoms with Crippen molar-refractivity contribution in [2.24, 2.45) is 0 Å². The second-order valence-electron chi connectivity index (χ2n) is 6.37. The summed E-state index contributed by atoms with van der Waals surface area (Å²) < 4.78 is 0. The Bertz CT molecular complexity index is 1190. The first-order valence-electron chi connectivity index (χ1n) is 7.99. The lowest BCUT2D eigenvalue weighted by atomic mass is 9.87. The van der Waals surface area contributed by atoms with Gasteiger partial charge in [-0.1, -0.05) is 24.3 Å². The Morgan fingerprint density at radius 1 is 0.833 bits per heavy atom. The van der Waals surface area contributed by atoms with Crippen LogP contribution in [-0.4, -0.2) is 15.8 Å². The molecule has 0 unspecified atom stereocenters. The summed E-state index contributed by atoms with van der Waals surface area (Å²) in [6.07, 6.45) is 1.72. The van der Waals surface area contributed by atoms with Gasteiger partial charge in [0.05, 0.1) is 11.2 Å². The largest absolute Gasteiger partial charge is 0.287 e. The summed E-state index contributed by atoms with van der Waals surface area (Å²) in [4.78, 5) is 22.2. The Morgan fingerprint density at radius 2 is 1.58 bits per heavy atom. The Kier molecular flexibility index (Phi) is 2.50. The highest BCUT2D eigenvalue weighted by Crippen LogP contribution is 2.40. The van der Waals surface area contributed by atoms with E-state index in [1.807, 2.05) is 30.3 Å². The fourth-order valence-electron chi connectivity index (χ4n) is 3.59. The third-order valence-corrected chi connectivity index (χ3v) is 4.96. The van der Waals surface area contributed by atoms with Gasteiger partial charge in [0.2, 0.25) is 5.78 Å². The van der Waals surface area contributed by atoms with Crippen molar-refractivity contribution >= 4 is 27.5 Å². The van der Waals surface area contributed by atoms with Crippen molar-refractivity contribution in [1.29, 1.82) is 0 Å². The minimum atomic E-state index is -0.0197. The SMILES string of the molecule is Cc1cc2nc3c4c(nccc4c2cc1C)C(=O)c1ccccc1-3. The lowest BCUT2D eigenvalue weighted by Gasteiger charge is -2.19. The summed E-state index contributed by atoms with van der Waals surface area (Å²) in [6, 6.07) is 13.9. The fraction of sp³-hybridized carbons (Fsp3) is 0.0952. The number of carbonyl (C=O) groups excluding carboxylic acids is 1. The average molecular weight is 310 g/mol. The molecule has 0 fully saturated rings. The topological polar surface area (TPSA) is 42.9 Å². The van der Waals surface area contributed by atoms with Gasteiger partial charge in [-0.3, -0.25) is 9.78 Å². The molecule has 1 aliphatic carbocycles. The number of hydrogen-bond acceptors (Lipinski definition) is 3. The Labute approximate surface area is 139 Å². The molecule has 3 heteroatoms. The second kappa shape index (κ2) is 4.48. The van der Waals surface area contributed by atoms with E-state index in [4.69, 9.17) is 4.98 Å². The first-order chi connectivity index (χ1) is 11.6. The van der Waals surface area contributed by atoms with E-state index in [1.54, 1.807) is 6.20 Å². The fourth-order valence-corrected chi connectivity index (χ4v) is 3.59. The molecule has 0 saturated heterocycles. The summed E-state index contributed by atoms with van der Waals surface area (Å²) in [5, 5.41) is 3.00. The molecule has 0 bridgehead atoms. The molecule has 114 valence electrons. The predicted octanol–water partition coefficient (Wildman–Crippen LogP) is 4.61. The van der Waals surface area contributed by atoms with E-state index < -0.39 is 0 Å². The van der Waals surface area contributed by atoms with E-state index in [2.05, 4.69) is 31.0 Å². The van der Waals surface area contributed by atoms with Crippen LogP contribution < -0.4 is 0 Å². The molecule has 0 aliphatic heterocycles. The molecule has 0 spiro atoms. The molecule has 2 aromatic carbocycles. The van der Waals surface area contributed by atoms with Crippen LogP contribution in [-0.2, 0) is 0 Å². The highest BCUT2D eigenvalue weighted by Gasteiger charge is 2.28. The van der Waals surface area contributed by atoms with Gasteiger partial charge in [0.25, 0.3) is 0 Å². The van der Waals surface area contributed by atoms with Crippen LogP contribution in [0.4, 0.5) is 0 Å². The summed E-state index contributed by atoms with van der Waals surface area (Å²) in [6.45, 7) is 4.20. The van der Waals surface area contributed by atoms with E-state index in [9.17, 15) is 4.79 Å². The van der Waals surface area contributed by atoms with Crippen LogP contribution in [0.25, 0.3) is 32.9 Å². The lowest BCUT2D eigenvalue weighted by Crippen LogP contribution is -2.13. The van der Waals surface area contributed by atoms with Crippen molar-refractivity contribution < 1.29 is 4.79 Å². The Hall–Kier alpha value is -3.07. The molecule has 0 N–H and O–H groups in total. The molecule has 5 rings (SSSR count). The molecule has 4 aromatic rings. The molecule has 0 saturated carbocycles. The minimum absolute atomic E-state index is 0.0197. The van der Waals surface area contributed by atoms with Crippen LogP contribution in [0.15, 0.2) is 48.7 Å². The van der Waals surface area contributed by atoms with Crippen LogP contribution in [0.1, 0.15) is 27.2 Å². The maximum atomic E-state index is 12.9. The summed E-state index contributed by atoms with van der Waals surface area (Å²) in [5.74, 6) is -0.0197. The lowest BCUT2D eigenvalue weighted by molar-refractivity contribution is 0.103. The van der Waals surface area contributed by atoms with E-state index in [1.165, 1.54) is 11.1 Å². The van der Waals surface area contributed by atoms with Crippen molar-refractivity contribution in [1.82, 2.24) is 9.97 Å². The van der Waals surface area contributed by atoms with Crippen molar-refractivity contribution in [3.63, 3.8) is 0 Å². The molecule has 0 amide bonds. The van der Waals surface area contributed by atoms with Gasteiger partial charge >= 0.3 is 0 Å². The summed E-state index contributed by atoms with van der Waals surface area (Å²) in [5.41, 5.74) is 6.35. The first-order valence-corrected chi connectivity index (χ1v) is 7.99. The number of fused-ring (bicyclic) bond motifs is 4. The first kappa shape index (κ1) is 13.4. The number of rotatable bonds is 0. The normalized spacial score (nSPS) is 12.7. The highest BCUT2D eigenvalue weighted by atomic mass is 16.1. The van der Waals surface area contributed by atoms with Crippen LogP contribution in [0.3, 0.4) is 0 Å². The zero-order valence-electron chi connectivity index (χ0n) is 13.4. The second-order valence-corrected chi connectivity index (χ2v) is 6.37. The van der Waals surface area contributed by atoms with E-state index in [0.717, 1.165) is 32.9 Å². The molecular formula is C21H14N2O. The number of carbonyl (C=O) groups is 1. The third kappa shape index (κ3) is 1.59. The van der Waals surface area contributed by atoms with Crippen LogP contribution >= 0.6 is 0 Å². The quantitative estimate of drug-likeness (QED) is 0.392. The Morgan fingerprint density at radius 3 is 2.42 bits per heavy atom. The van der Waals surface area contributed by atoms with Gasteiger partial charge < -0.3 is 0 Å². The maximum absolute atomic E-state index is 12.9. The van der Waals surface area contributed by atoms with Crippen molar-refractivity contribution in [3.05, 3.63) is 71.0 Å². The zero-order chi connectivity index (χ0) is 16.4. The summed E-state index contributed by atoms with van der Waals surface area (Å²) >= 11 is 0. The zero-order valence-corrected chi connectivity index (χ0v) is 13.4. The van der Waals surface area contributed by atoms with Crippen LogP contribution in [0.5, 0.6) is 0 Å². The number of benzene rings is 2. The molecule has 2 heterocycles. The molecular weight excluding hydrogens is 296 g/mol. The van der Waals surface area contributed by atoms with Gasteiger partial charge in [0.15, 0.2) is 0 Å². The highest BCUT2D eigenvalue weighted by molar-refractivity contribution is 6.27. The van der Waals surface area contributed by atoms with Gasteiger partial charge in [0, 0.05) is 28.1 Å². The minimum Gasteiger partial charge on any atom is -0.287 e. The van der Waals surface area contributed by atoms with E-state index in [0.29, 0.717) is 11.3 Å².